The van der Waals surface area contributed by atoms with Crippen molar-refractivity contribution in [3.63, 3.8) is 0 Å². The zero-order valence-electron chi connectivity index (χ0n) is 7.77. The predicted molar refractivity (Wildman–Crippen MR) is 51.1 cm³/mol. The zero-order valence-corrected chi connectivity index (χ0v) is 10.6. The van der Waals surface area contributed by atoms with Crippen LogP contribution in [0.25, 0.3) is 0 Å². The van der Waals surface area contributed by atoms with Gasteiger partial charge in [0.2, 0.25) is 0 Å². The summed E-state index contributed by atoms with van der Waals surface area (Å²) in [5.74, 6) is 1.13. The molecule has 1 nitrogen and oxygen atoms in total. The number of furan rings is 1. The SMILES string of the molecule is CCc1cc[c]([Sn]([CH3])([CH3])[CH3])o1. The first-order valence-electron chi connectivity index (χ1n) is 4.13. The van der Waals surface area contributed by atoms with Crippen LogP contribution in [0, 0.1) is 0 Å². The molecule has 0 saturated heterocycles. The fourth-order valence-electron chi connectivity index (χ4n) is 0.971. The van der Waals surface area contributed by atoms with Crippen LogP contribution in [0.5, 0.6) is 0 Å². The molecule has 0 aromatic carbocycles. The molecule has 1 aromatic rings. The Labute approximate surface area is 72.7 Å². The summed E-state index contributed by atoms with van der Waals surface area (Å²) in [7, 11) is 0. The van der Waals surface area contributed by atoms with Crippen LogP contribution >= 0.6 is 0 Å². The van der Waals surface area contributed by atoms with Crippen LogP contribution in [0.15, 0.2) is 16.5 Å². The molecule has 0 bridgehead atoms. The van der Waals surface area contributed by atoms with E-state index in [0.29, 0.717) is 0 Å². The van der Waals surface area contributed by atoms with E-state index in [2.05, 4.69) is 33.9 Å². The molecule has 0 fully saturated rings. The molecule has 1 heterocycles. The van der Waals surface area contributed by atoms with Crippen molar-refractivity contribution in [2.24, 2.45) is 0 Å². The van der Waals surface area contributed by atoms with Crippen molar-refractivity contribution in [1.29, 1.82) is 0 Å². The number of aryl methyl sites for hydroxylation is 1. The van der Waals surface area contributed by atoms with Crippen LogP contribution in [0.2, 0.25) is 14.8 Å². The van der Waals surface area contributed by atoms with Gasteiger partial charge in [-0.25, -0.2) is 0 Å². The van der Waals surface area contributed by atoms with Crippen LogP contribution in [0.3, 0.4) is 0 Å². The Kier molecular flexibility index (Phi) is 2.68. The second kappa shape index (κ2) is 3.21. The van der Waals surface area contributed by atoms with Gasteiger partial charge in [0.05, 0.1) is 0 Å². The summed E-state index contributed by atoms with van der Waals surface area (Å²) in [6.07, 6.45) is 1.02. The summed E-state index contributed by atoms with van der Waals surface area (Å²) in [6, 6.07) is 4.27. The minimum absolute atomic E-state index is 1.02. The van der Waals surface area contributed by atoms with E-state index in [0.717, 1.165) is 12.2 Å². The van der Waals surface area contributed by atoms with E-state index in [9.17, 15) is 0 Å². The number of hydrogen-bond donors (Lipinski definition) is 0. The minimum atomic E-state index is -1.88. The topological polar surface area (TPSA) is 13.1 Å². The molecule has 0 unspecified atom stereocenters. The molecular formula is C9H16OSn. The third-order valence-electron chi connectivity index (χ3n) is 1.75. The van der Waals surface area contributed by atoms with E-state index in [1.807, 2.05) is 0 Å². The molecule has 0 amide bonds. The molecule has 0 aliphatic carbocycles. The van der Waals surface area contributed by atoms with Crippen LogP contribution in [-0.2, 0) is 6.42 Å². The predicted octanol–water partition coefficient (Wildman–Crippen LogP) is 2.39. The fourth-order valence-corrected chi connectivity index (χ4v) is 3.88. The van der Waals surface area contributed by atoms with Gasteiger partial charge in [-0.05, 0) is 0 Å². The van der Waals surface area contributed by atoms with E-state index in [4.69, 9.17) is 4.42 Å². The Morgan fingerprint density at radius 2 is 1.91 bits per heavy atom. The van der Waals surface area contributed by atoms with Gasteiger partial charge in [-0.3, -0.25) is 0 Å². The first-order chi connectivity index (χ1) is 5.04. The van der Waals surface area contributed by atoms with Crippen molar-refractivity contribution in [3.05, 3.63) is 17.9 Å². The van der Waals surface area contributed by atoms with Gasteiger partial charge in [0, 0.05) is 0 Å². The Balaban J connectivity index is 2.89. The molecule has 0 saturated carbocycles. The van der Waals surface area contributed by atoms with Gasteiger partial charge in [0.15, 0.2) is 0 Å². The van der Waals surface area contributed by atoms with Crippen molar-refractivity contribution >= 4 is 22.2 Å². The Hall–Kier alpha value is 0.0787. The molecule has 1 rings (SSSR count). The fraction of sp³-hybridized carbons (Fsp3) is 0.556. The van der Waals surface area contributed by atoms with Gasteiger partial charge >= 0.3 is 72.6 Å². The van der Waals surface area contributed by atoms with Crippen molar-refractivity contribution in [2.75, 3.05) is 0 Å². The summed E-state index contributed by atoms with van der Waals surface area (Å²) in [6.45, 7) is 2.13. The molecule has 2 heteroatoms. The van der Waals surface area contributed by atoms with Crippen molar-refractivity contribution in [2.45, 2.75) is 28.2 Å². The van der Waals surface area contributed by atoms with Crippen LogP contribution in [0.4, 0.5) is 0 Å². The van der Waals surface area contributed by atoms with E-state index in [1.165, 1.54) is 3.78 Å². The van der Waals surface area contributed by atoms with Gasteiger partial charge in [-0.1, -0.05) is 0 Å². The summed E-state index contributed by atoms with van der Waals surface area (Å²) in [4.78, 5) is 7.10. The number of hydrogen-bond acceptors (Lipinski definition) is 1. The molecule has 0 aliphatic heterocycles. The molecule has 11 heavy (non-hydrogen) atoms. The monoisotopic (exact) mass is 260 g/mol. The van der Waals surface area contributed by atoms with Gasteiger partial charge in [-0.2, -0.15) is 0 Å². The molecule has 0 radical (unpaired) electrons. The molecule has 0 aliphatic rings. The Morgan fingerprint density at radius 3 is 2.18 bits per heavy atom. The maximum absolute atomic E-state index is 5.69. The van der Waals surface area contributed by atoms with Crippen molar-refractivity contribution < 1.29 is 4.42 Å². The quantitative estimate of drug-likeness (QED) is 0.743. The molecule has 62 valence electrons. The molecule has 0 atom stereocenters. The Bertz CT molecular complexity index is 232. The van der Waals surface area contributed by atoms with E-state index < -0.39 is 18.4 Å². The van der Waals surface area contributed by atoms with Crippen molar-refractivity contribution in [3.8, 4) is 0 Å². The molecule has 0 spiro atoms. The first-order valence-corrected chi connectivity index (χ1v) is 14.1. The average molecular weight is 259 g/mol. The van der Waals surface area contributed by atoms with E-state index >= 15 is 0 Å². The second-order valence-electron chi connectivity index (χ2n) is 3.87. The van der Waals surface area contributed by atoms with Crippen LogP contribution < -0.4 is 3.78 Å². The van der Waals surface area contributed by atoms with Crippen LogP contribution in [-0.4, -0.2) is 18.4 Å². The molecular weight excluding hydrogens is 243 g/mol. The second-order valence-corrected chi connectivity index (χ2v) is 18.1. The summed E-state index contributed by atoms with van der Waals surface area (Å²) in [5.41, 5.74) is 0. The normalized spacial score (nSPS) is 12.0. The van der Waals surface area contributed by atoms with Crippen LogP contribution in [0.1, 0.15) is 12.7 Å². The summed E-state index contributed by atoms with van der Waals surface area (Å²) < 4.78 is 6.98. The third kappa shape index (κ3) is 2.26. The third-order valence-corrected chi connectivity index (χ3v) is 6.74. The van der Waals surface area contributed by atoms with E-state index in [1.54, 1.807) is 0 Å². The molecule has 1 aromatic heterocycles. The number of rotatable bonds is 2. The van der Waals surface area contributed by atoms with Gasteiger partial charge in [-0.15, -0.1) is 0 Å². The van der Waals surface area contributed by atoms with E-state index in [-0.39, 0.29) is 0 Å². The summed E-state index contributed by atoms with van der Waals surface area (Å²) >= 11 is -1.88. The van der Waals surface area contributed by atoms with Gasteiger partial charge in [0.25, 0.3) is 0 Å². The van der Waals surface area contributed by atoms with Gasteiger partial charge < -0.3 is 0 Å². The zero-order chi connectivity index (χ0) is 8.48. The van der Waals surface area contributed by atoms with Crippen molar-refractivity contribution in [1.82, 2.24) is 0 Å². The molecule has 0 N–H and O–H groups in total. The maximum atomic E-state index is 5.69. The first kappa shape index (κ1) is 9.17. The standard InChI is InChI=1S/C6H7O.3CH3.Sn/c1-2-6-4-3-5-7-6;;;;/h3-4H,2H2,1H3;3*1H3;. The average Bonchev–Trinajstić information content (AvgIpc) is 2.32. The summed E-state index contributed by atoms with van der Waals surface area (Å²) in [5, 5.41) is 0. The van der Waals surface area contributed by atoms with Gasteiger partial charge in [0.1, 0.15) is 0 Å². The Morgan fingerprint density at radius 1 is 1.27 bits per heavy atom.